The molecule has 2 aliphatic carbocycles. The molecule has 1 atom stereocenters. The van der Waals surface area contributed by atoms with Crippen LogP contribution in [0.3, 0.4) is 0 Å². The molecular weight excluding hydrogens is 336 g/mol. The standard InChI is InChI=1S/C23H32N2O2/c1-16(2)22(26)24-14-12-18(13-15-24)23(27)25(19-10-11-19)21-9-5-7-17-6-3-4-8-20(17)21/h3-4,6,8,16,18-19,21H,5,7,9-15H2,1-2H3. The summed E-state index contributed by atoms with van der Waals surface area (Å²) in [5.74, 6) is 0.687. The van der Waals surface area contributed by atoms with Gasteiger partial charge >= 0.3 is 0 Å². The number of carbonyl (C=O) groups is 2. The number of aryl methyl sites for hydroxylation is 1. The van der Waals surface area contributed by atoms with E-state index >= 15 is 0 Å². The van der Waals surface area contributed by atoms with Crippen LogP contribution in [0.1, 0.15) is 69.5 Å². The Kier molecular flexibility index (Phi) is 5.25. The molecule has 1 heterocycles. The van der Waals surface area contributed by atoms with Crippen molar-refractivity contribution in [1.82, 2.24) is 9.80 Å². The quantitative estimate of drug-likeness (QED) is 0.807. The van der Waals surface area contributed by atoms with Crippen molar-refractivity contribution in [3.05, 3.63) is 35.4 Å². The van der Waals surface area contributed by atoms with Crippen molar-refractivity contribution < 1.29 is 9.59 Å². The van der Waals surface area contributed by atoms with E-state index in [2.05, 4.69) is 29.2 Å². The molecule has 146 valence electrons. The van der Waals surface area contributed by atoms with Gasteiger partial charge in [0.25, 0.3) is 0 Å². The van der Waals surface area contributed by atoms with Crippen LogP contribution in [-0.2, 0) is 16.0 Å². The zero-order valence-corrected chi connectivity index (χ0v) is 16.7. The third-order valence-corrected chi connectivity index (χ3v) is 6.52. The van der Waals surface area contributed by atoms with Crippen molar-refractivity contribution in [2.75, 3.05) is 13.1 Å². The Labute approximate surface area is 162 Å². The molecule has 1 aliphatic heterocycles. The van der Waals surface area contributed by atoms with Gasteiger partial charge in [0, 0.05) is 31.0 Å². The zero-order valence-electron chi connectivity index (χ0n) is 16.7. The van der Waals surface area contributed by atoms with Crippen LogP contribution in [0.4, 0.5) is 0 Å². The van der Waals surface area contributed by atoms with Crippen molar-refractivity contribution in [2.45, 2.75) is 70.9 Å². The molecule has 1 aromatic carbocycles. The van der Waals surface area contributed by atoms with Crippen molar-refractivity contribution in [3.63, 3.8) is 0 Å². The lowest BCUT2D eigenvalue weighted by Crippen LogP contribution is -2.47. The Morgan fingerprint density at radius 2 is 1.74 bits per heavy atom. The SMILES string of the molecule is CC(C)C(=O)N1CCC(C(=O)N(C2CC2)C2CCCc3ccccc32)CC1. The third kappa shape index (κ3) is 3.76. The van der Waals surface area contributed by atoms with Gasteiger partial charge in [0.05, 0.1) is 6.04 Å². The number of fused-ring (bicyclic) bond motifs is 1. The summed E-state index contributed by atoms with van der Waals surface area (Å²) in [7, 11) is 0. The Bertz CT molecular complexity index is 702. The highest BCUT2D eigenvalue weighted by Crippen LogP contribution is 2.42. The van der Waals surface area contributed by atoms with Gasteiger partial charge in [-0.1, -0.05) is 38.1 Å². The van der Waals surface area contributed by atoms with E-state index in [1.54, 1.807) is 0 Å². The average Bonchev–Trinajstić information content (AvgIpc) is 3.53. The first-order valence-corrected chi connectivity index (χ1v) is 10.7. The van der Waals surface area contributed by atoms with E-state index in [0.717, 1.165) is 51.6 Å². The number of likely N-dealkylation sites (tertiary alicyclic amines) is 1. The lowest BCUT2D eigenvalue weighted by atomic mass is 9.85. The summed E-state index contributed by atoms with van der Waals surface area (Å²) in [5, 5.41) is 0. The molecule has 0 radical (unpaired) electrons. The van der Waals surface area contributed by atoms with Gasteiger partial charge < -0.3 is 9.80 Å². The average molecular weight is 369 g/mol. The molecule has 0 spiro atoms. The minimum Gasteiger partial charge on any atom is -0.342 e. The zero-order chi connectivity index (χ0) is 19.0. The molecule has 4 nitrogen and oxygen atoms in total. The number of benzene rings is 1. The summed E-state index contributed by atoms with van der Waals surface area (Å²) < 4.78 is 0. The van der Waals surface area contributed by atoms with Gasteiger partial charge in [-0.25, -0.2) is 0 Å². The van der Waals surface area contributed by atoms with Gasteiger partial charge in [0.2, 0.25) is 11.8 Å². The van der Waals surface area contributed by atoms with Gasteiger partial charge in [-0.05, 0) is 56.1 Å². The number of hydrogen-bond acceptors (Lipinski definition) is 2. The maximum atomic E-state index is 13.5. The monoisotopic (exact) mass is 368 g/mol. The molecule has 0 aromatic heterocycles. The van der Waals surface area contributed by atoms with Gasteiger partial charge in [-0.2, -0.15) is 0 Å². The van der Waals surface area contributed by atoms with Crippen LogP contribution in [0.2, 0.25) is 0 Å². The van der Waals surface area contributed by atoms with E-state index < -0.39 is 0 Å². The Morgan fingerprint density at radius 3 is 2.41 bits per heavy atom. The van der Waals surface area contributed by atoms with Gasteiger partial charge in [-0.3, -0.25) is 9.59 Å². The van der Waals surface area contributed by atoms with Crippen molar-refractivity contribution in [3.8, 4) is 0 Å². The summed E-state index contributed by atoms with van der Waals surface area (Å²) >= 11 is 0. The summed E-state index contributed by atoms with van der Waals surface area (Å²) in [6.45, 7) is 5.37. The predicted molar refractivity (Wildman–Crippen MR) is 106 cm³/mol. The molecule has 1 unspecified atom stereocenters. The number of piperidine rings is 1. The fourth-order valence-electron chi connectivity index (χ4n) is 4.88. The Hall–Kier alpha value is -1.84. The fourth-order valence-corrected chi connectivity index (χ4v) is 4.88. The van der Waals surface area contributed by atoms with Crippen LogP contribution in [0, 0.1) is 11.8 Å². The molecule has 1 saturated heterocycles. The third-order valence-electron chi connectivity index (χ3n) is 6.52. The summed E-state index contributed by atoms with van der Waals surface area (Å²) in [5.41, 5.74) is 2.79. The lowest BCUT2D eigenvalue weighted by molar-refractivity contribution is -0.144. The van der Waals surface area contributed by atoms with Crippen LogP contribution in [0.5, 0.6) is 0 Å². The Morgan fingerprint density at radius 1 is 1.04 bits per heavy atom. The first kappa shape index (κ1) is 18.5. The second kappa shape index (κ2) is 7.65. The lowest BCUT2D eigenvalue weighted by Gasteiger charge is -2.40. The predicted octanol–water partition coefficient (Wildman–Crippen LogP) is 3.95. The second-order valence-electron chi connectivity index (χ2n) is 8.84. The van der Waals surface area contributed by atoms with E-state index in [1.165, 1.54) is 17.5 Å². The molecule has 3 aliphatic rings. The number of amides is 2. The van der Waals surface area contributed by atoms with E-state index in [4.69, 9.17) is 0 Å². The minimum absolute atomic E-state index is 0.0407. The summed E-state index contributed by atoms with van der Waals surface area (Å²) in [6.07, 6.45) is 7.31. The van der Waals surface area contributed by atoms with Gasteiger partial charge in [0.15, 0.2) is 0 Å². The van der Waals surface area contributed by atoms with Crippen LogP contribution in [0.15, 0.2) is 24.3 Å². The maximum Gasteiger partial charge on any atom is 0.226 e. The molecule has 0 N–H and O–H groups in total. The number of carbonyl (C=O) groups excluding carboxylic acids is 2. The van der Waals surface area contributed by atoms with E-state index in [9.17, 15) is 9.59 Å². The second-order valence-corrected chi connectivity index (χ2v) is 8.84. The molecule has 1 aromatic rings. The van der Waals surface area contributed by atoms with Crippen LogP contribution >= 0.6 is 0 Å². The van der Waals surface area contributed by atoms with Crippen LogP contribution in [-0.4, -0.2) is 40.7 Å². The first-order chi connectivity index (χ1) is 13.1. The number of nitrogens with zero attached hydrogens (tertiary/aromatic N) is 2. The van der Waals surface area contributed by atoms with E-state index in [-0.39, 0.29) is 23.8 Å². The van der Waals surface area contributed by atoms with Crippen LogP contribution < -0.4 is 0 Å². The highest BCUT2D eigenvalue weighted by molar-refractivity contribution is 5.81. The van der Waals surface area contributed by atoms with Gasteiger partial charge in [0.1, 0.15) is 0 Å². The molecule has 4 heteroatoms. The number of hydrogen-bond donors (Lipinski definition) is 0. The van der Waals surface area contributed by atoms with E-state index in [0.29, 0.717) is 11.9 Å². The van der Waals surface area contributed by atoms with E-state index in [1.807, 2.05) is 18.7 Å². The summed E-state index contributed by atoms with van der Waals surface area (Å²) in [6, 6.07) is 9.38. The van der Waals surface area contributed by atoms with Gasteiger partial charge in [-0.15, -0.1) is 0 Å². The normalized spacial score (nSPS) is 23.2. The largest absolute Gasteiger partial charge is 0.342 e. The van der Waals surface area contributed by atoms with Crippen molar-refractivity contribution in [1.29, 1.82) is 0 Å². The molecule has 2 fully saturated rings. The minimum atomic E-state index is 0.0407. The topological polar surface area (TPSA) is 40.6 Å². The maximum absolute atomic E-state index is 13.5. The molecule has 27 heavy (non-hydrogen) atoms. The first-order valence-electron chi connectivity index (χ1n) is 10.7. The number of rotatable bonds is 4. The smallest absolute Gasteiger partial charge is 0.226 e. The summed E-state index contributed by atoms with van der Waals surface area (Å²) in [4.78, 5) is 30.0. The fraction of sp³-hybridized carbons (Fsp3) is 0.652. The highest BCUT2D eigenvalue weighted by Gasteiger charge is 2.42. The molecular formula is C23H32N2O2. The molecule has 4 rings (SSSR count). The molecule has 1 saturated carbocycles. The highest BCUT2D eigenvalue weighted by atomic mass is 16.2. The van der Waals surface area contributed by atoms with Crippen molar-refractivity contribution >= 4 is 11.8 Å². The van der Waals surface area contributed by atoms with Crippen molar-refractivity contribution in [2.24, 2.45) is 11.8 Å². The molecule has 0 bridgehead atoms. The molecule has 2 amide bonds. The van der Waals surface area contributed by atoms with Crippen LogP contribution in [0.25, 0.3) is 0 Å². The Balaban J connectivity index is 1.48.